The molecule has 1 saturated heterocycles. The number of carbonyl (C=O) groups is 1. The molecule has 2 rings (SSSR count). The number of nitrogens with zero attached hydrogens (tertiary/aromatic N) is 1. The fourth-order valence-corrected chi connectivity index (χ4v) is 3.94. The van der Waals surface area contributed by atoms with Crippen molar-refractivity contribution in [1.29, 1.82) is 0 Å². The highest BCUT2D eigenvalue weighted by Crippen LogP contribution is 2.28. The Morgan fingerprint density at radius 2 is 2.10 bits per heavy atom. The molecule has 1 amide bonds. The average Bonchev–Trinajstić information content (AvgIpc) is 2.58. The molecule has 110 valence electrons. The smallest absolute Gasteiger partial charge is 0.245 e. The van der Waals surface area contributed by atoms with Crippen molar-refractivity contribution in [3.05, 3.63) is 22.4 Å². The topological polar surface area (TPSA) is 92.5 Å². The fourth-order valence-electron chi connectivity index (χ4n) is 1.89. The Kier molecular flexibility index (Phi) is 4.31. The molecule has 1 aromatic rings. The van der Waals surface area contributed by atoms with Gasteiger partial charge in [0.1, 0.15) is 10.7 Å². The largest absolute Gasteiger partial charge is 0.398 e. The molecule has 9 heteroatoms. The summed E-state index contributed by atoms with van der Waals surface area (Å²) in [7, 11) is -3.94. The highest BCUT2D eigenvalue weighted by atomic mass is 79.9. The Morgan fingerprint density at radius 3 is 2.80 bits per heavy atom. The van der Waals surface area contributed by atoms with Gasteiger partial charge in [0.2, 0.25) is 15.9 Å². The van der Waals surface area contributed by atoms with E-state index in [0.29, 0.717) is 13.0 Å². The van der Waals surface area contributed by atoms with Gasteiger partial charge in [0.25, 0.3) is 0 Å². The second-order valence-electron chi connectivity index (χ2n) is 4.35. The average molecular weight is 366 g/mol. The van der Waals surface area contributed by atoms with Crippen LogP contribution in [0.3, 0.4) is 0 Å². The summed E-state index contributed by atoms with van der Waals surface area (Å²) in [5, 5.41) is 2.59. The maximum absolute atomic E-state index is 13.3. The molecular weight excluding hydrogens is 353 g/mol. The Morgan fingerprint density at radius 1 is 1.40 bits per heavy atom. The van der Waals surface area contributed by atoms with E-state index in [4.69, 9.17) is 5.73 Å². The van der Waals surface area contributed by atoms with E-state index in [1.54, 1.807) is 0 Å². The number of carbonyl (C=O) groups excluding carboxylic acids is 1. The number of anilines is 1. The van der Waals surface area contributed by atoms with E-state index in [2.05, 4.69) is 21.2 Å². The Balaban J connectivity index is 2.44. The molecule has 0 bridgehead atoms. The quantitative estimate of drug-likeness (QED) is 0.753. The lowest BCUT2D eigenvalue weighted by Crippen LogP contribution is -2.37. The van der Waals surface area contributed by atoms with Crippen molar-refractivity contribution in [1.82, 2.24) is 9.62 Å². The van der Waals surface area contributed by atoms with E-state index < -0.39 is 15.8 Å². The number of nitrogen functional groups attached to an aromatic ring is 1. The molecule has 0 aliphatic carbocycles. The van der Waals surface area contributed by atoms with Crippen molar-refractivity contribution in [2.45, 2.75) is 11.3 Å². The van der Waals surface area contributed by atoms with Crippen molar-refractivity contribution < 1.29 is 17.6 Å². The molecule has 3 N–H and O–H groups in total. The van der Waals surface area contributed by atoms with E-state index >= 15 is 0 Å². The summed E-state index contributed by atoms with van der Waals surface area (Å²) in [4.78, 5) is 11.3. The zero-order valence-corrected chi connectivity index (χ0v) is 12.8. The van der Waals surface area contributed by atoms with E-state index in [9.17, 15) is 17.6 Å². The van der Waals surface area contributed by atoms with Gasteiger partial charge in [0.15, 0.2) is 0 Å². The lowest BCUT2D eigenvalue weighted by molar-refractivity contribution is -0.120. The molecular formula is C11H13BrFN3O3S. The minimum atomic E-state index is -3.94. The molecule has 1 aromatic carbocycles. The van der Waals surface area contributed by atoms with E-state index in [0.717, 1.165) is 16.4 Å². The molecule has 0 spiro atoms. The SMILES string of the molecule is Nc1cc(F)c(Br)cc1S(=O)(=O)N1CCCNC(=O)C1. The molecule has 0 saturated carbocycles. The van der Waals surface area contributed by atoms with Crippen LogP contribution in [0.2, 0.25) is 0 Å². The number of rotatable bonds is 2. The highest BCUT2D eigenvalue weighted by Gasteiger charge is 2.30. The van der Waals surface area contributed by atoms with Gasteiger partial charge in [-0.2, -0.15) is 4.31 Å². The number of benzene rings is 1. The van der Waals surface area contributed by atoms with Gasteiger partial charge in [-0.15, -0.1) is 0 Å². The predicted molar refractivity (Wildman–Crippen MR) is 74.9 cm³/mol. The van der Waals surface area contributed by atoms with Gasteiger partial charge in [-0.25, -0.2) is 12.8 Å². The lowest BCUT2D eigenvalue weighted by atomic mass is 10.3. The van der Waals surface area contributed by atoms with E-state index in [1.807, 2.05) is 0 Å². The summed E-state index contributed by atoms with van der Waals surface area (Å²) in [6.07, 6.45) is 0.507. The molecule has 1 heterocycles. The molecule has 1 aliphatic rings. The van der Waals surface area contributed by atoms with Crippen LogP contribution >= 0.6 is 15.9 Å². The monoisotopic (exact) mass is 365 g/mol. The number of halogens is 2. The second kappa shape index (κ2) is 5.66. The van der Waals surface area contributed by atoms with Crippen molar-refractivity contribution in [2.24, 2.45) is 0 Å². The van der Waals surface area contributed by atoms with Crippen LogP contribution in [0.5, 0.6) is 0 Å². The molecule has 6 nitrogen and oxygen atoms in total. The van der Waals surface area contributed by atoms with Crippen LogP contribution in [-0.4, -0.2) is 38.3 Å². The van der Waals surface area contributed by atoms with Crippen molar-refractivity contribution in [3.63, 3.8) is 0 Å². The summed E-state index contributed by atoms with van der Waals surface area (Å²) in [5.74, 6) is -1.01. The third kappa shape index (κ3) is 2.94. The van der Waals surface area contributed by atoms with E-state index in [-0.39, 0.29) is 34.1 Å². The van der Waals surface area contributed by atoms with Crippen LogP contribution in [0.15, 0.2) is 21.5 Å². The zero-order chi connectivity index (χ0) is 14.9. The van der Waals surface area contributed by atoms with Gasteiger partial charge in [-0.1, -0.05) is 0 Å². The predicted octanol–water partition coefficient (Wildman–Crippen LogP) is 0.681. The van der Waals surface area contributed by atoms with Crippen molar-refractivity contribution >= 4 is 37.5 Å². The highest BCUT2D eigenvalue weighted by molar-refractivity contribution is 9.10. The molecule has 0 radical (unpaired) electrons. The third-order valence-corrected chi connectivity index (χ3v) is 5.41. The molecule has 0 atom stereocenters. The number of nitrogens with two attached hydrogens (primary N) is 1. The molecule has 20 heavy (non-hydrogen) atoms. The van der Waals surface area contributed by atoms with Gasteiger partial charge < -0.3 is 11.1 Å². The lowest BCUT2D eigenvalue weighted by Gasteiger charge is -2.20. The minimum Gasteiger partial charge on any atom is -0.398 e. The minimum absolute atomic E-state index is 0.00421. The van der Waals surface area contributed by atoms with E-state index in [1.165, 1.54) is 0 Å². The van der Waals surface area contributed by atoms with Crippen LogP contribution in [0.1, 0.15) is 6.42 Å². The normalized spacial score (nSPS) is 17.6. The third-order valence-electron chi connectivity index (χ3n) is 2.90. The Bertz CT molecular complexity index is 651. The van der Waals surface area contributed by atoms with Gasteiger partial charge in [0.05, 0.1) is 16.7 Å². The number of nitrogens with one attached hydrogen (secondary N) is 1. The van der Waals surface area contributed by atoms with Gasteiger partial charge >= 0.3 is 0 Å². The Labute approximate surface area is 124 Å². The standard InChI is InChI=1S/C11H13BrFN3O3S/c12-7-4-10(9(14)5-8(7)13)20(18,19)16-3-1-2-15-11(17)6-16/h4-5H,1-3,6,14H2,(H,15,17). The Hall–Kier alpha value is -1.19. The maximum atomic E-state index is 13.3. The van der Waals surface area contributed by atoms with Gasteiger partial charge in [-0.3, -0.25) is 4.79 Å². The van der Waals surface area contributed by atoms with Crippen LogP contribution in [0, 0.1) is 5.82 Å². The molecule has 1 aliphatic heterocycles. The zero-order valence-electron chi connectivity index (χ0n) is 10.4. The number of sulfonamides is 1. The first-order valence-electron chi connectivity index (χ1n) is 5.84. The van der Waals surface area contributed by atoms with Crippen LogP contribution < -0.4 is 11.1 Å². The summed E-state index contributed by atoms with van der Waals surface area (Å²) in [6.45, 7) is 0.361. The summed E-state index contributed by atoms with van der Waals surface area (Å²) in [5.41, 5.74) is 5.40. The van der Waals surface area contributed by atoms with Gasteiger partial charge in [-0.05, 0) is 34.5 Å². The number of amides is 1. The fraction of sp³-hybridized carbons (Fsp3) is 0.364. The number of hydrogen-bond donors (Lipinski definition) is 2. The summed E-state index contributed by atoms with van der Waals surface area (Å²) < 4.78 is 39.4. The van der Waals surface area contributed by atoms with Gasteiger partial charge in [0, 0.05) is 13.1 Å². The maximum Gasteiger partial charge on any atom is 0.245 e. The van der Waals surface area contributed by atoms with Crippen molar-refractivity contribution in [2.75, 3.05) is 25.4 Å². The molecule has 0 aromatic heterocycles. The first kappa shape index (κ1) is 15.2. The van der Waals surface area contributed by atoms with Crippen LogP contribution in [0.4, 0.5) is 10.1 Å². The summed E-state index contributed by atoms with van der Waals surface area (Å²) >= 11 is 2.93. The molecule has 1 fully saturated rings. The summed E-state index contributed by atoms with van der Waals surface area (Å²) in [6, 6.07) is 2.05. The first-order chi connectivity index (χ1) is 9.32. The number of hydrogen-bond acceptors (Lipinski definition) is 4. The van der Waals surface area contributed by atoms with Crippen LogP contribution in [0.25, 0.3) is 0 Å². The van der Waals surface area contributed by atoms with Crippen molar-refractivity contribution in [3.8, 4) is 0 Å². The second-order valence-corrected chi connectivity index (χ2v) is 7.11. The molecule has 0 unspecified atom stereocenters. The van der Waals surface area contributed by atoms with Crippen LogP contribution in [-0.2, 0) is 14.8 Å². The first-order valence-corrected chi connectivity index (χ1v) is 8.07.